The third-order valence-electron chi connectivity index (χ3n) is 5.34. The van der Waals surface area contributed by atoms with E-state index in [0.29, 0.717) is 17.7 Å². The van der Waals surface area contributed by atoms with Crippen molar-refractivity contribution >= 4 is 11.4 Å². The van der Waals surface area contributed by atoms with E-state index in [2.05, 4.69) is 67.3 Å². The van der Waals surface area contributed by atoms with Crippen LogP contribution < -0.4 is 4.90 Å². The highest BCUT2D eigenvalue weighted by atomic mass is 16.3. The van der Waals surface area contributed by atoms with Crippen molar-refractivity contribution in [3.05, 3.63) is 89.5 Å². The molecule has 0 radical (unpaired) electrons. The van der Waals surface area contributed by atoms with Gasteiger partial charge in [0.25, 0.3) is 0 Å². The Morgan fingerprint density at radius 1 is 0.923 bits per heavy atom. The molecule has 132 valence electrons. The topological polar surface area (TPSA) is 23.5 Å². The number of anilines is 2. The molecule has 3 aromatic rings. The van der Waals surface area contributed by atoms with Gasteiger partial charge in [-0.05, 0) is 65.8 Å². The summed E-state index contributed by atoms with van der Waals surface area (Å²) in [5.74, 6) is 0.840. The van der Waals surface area contributed by atoms with Gasteiger partial charge < -0.3 is 10.0 Å². The average molecular weight is 343 g/mol. The second-order valence-electron chi connectivity index (χ2n) is 7.39. The quantitative estimate of drug-likeness (QED) is 0.599. The maximum absolute atomic E-state index is 9.71. The van der Waals surface area contributed by atoms with Crippen molar-refractivity contribution in [2.45, 2.75) is 38.6 Å². The lowest BCUT2D eigenvalue weighted by Gasteiger charge is -2.39. The van der Waals surface area contributed by atoms with E-state index >= 15 is 0 Å². The molecule has 1 heterocycles. The number of fused-ring (bicyclic) bond motifs is 1. The van der Waals surface area contributed by atoms with Crippen molar-refractivity contribution in [2.75, 3.05) is 4.90 Å². The maximum atomic E-state index is 9.71. The lowest BCUT2D eigenvalue weighted by Crippen LogP contribution is -2.29. The van der Waals surface area contributed by atoms with E-state index in [9.17, 15) is 5.11 Å². The molecule has 1 N–H and O–H groups in total. The first-order valence-electron chi connectivity index (χ1n) is 9.39. The Morgan fingerprint density at radius 2 is 1.65 bits per heavy atom. The lowest BCUT2D eigenvalue weighted by molar-refractivity contribution is 0.475. The fourth-order valence-corrected chi connectivity index (χ4v) is 3.91. The van der Waals surface area contributed by atoms with Gasteiger partial charge in [0.05, 0.1) is 6.04 Å². The summed E-state index contributed by atoms with van der Waals surface area (Å²) in [7, 11) is 0. The highest BCUT2D eigenvalue weighted by Crippen LogP contribution is 2.44. The van der Waals surface area contributed by atoms with Crippen LogP contribution in [0.4, 0.5) is 11.4 Å². The number of hydrogen-bond donors (Lipinski definition) is 1. The number of phenols is 1. The summed E-state index contributed by atoms with van der Waals surface area (Å²) in [4.78, 5) is 2.43. The molecule has 0 fully saturated rings. The third-order valence-corrected chi connectivity index (χ3v) is 5.34. The number of aryl methyl sites for hydroxylation is 1. The summed E-state index contributed by atoms with van der Waals surface area (Å²) in [5.41, 5.74) is 6.54. The highest BCUT2D eigenvalue weighted by molar-refractivity contribution is 5.70. The van der Waals surface area contributed by atoms with Gasteiger partial charge in [-0.25, -0.2) is 0 Å². The molecule has 0 bridgehead atoms. The van der Waals surface area contributed by atoms with Crippen LogP contribution in [0.3, 0.4) is 0 Å². The van der Waals surface area contributed by atoms with Crippen molar-refractivity contribution in [2.24, 2.45) is 0 Å². The van der Waals surface area contributed by atoms with Gasteiger partial charge in [0.15, 0.2) is 0 Å². The lowest BCUT2D eigenvalue weighted by atomic mass is 9.88. The van der Waals surface area contributed by atoms with Crippen LogP contribution in [-0.4, -0.2) is 5.11 Å². The molecule has 0 amide bonds. The Kier molecular flexibility index (Phi) is 4.42. The molecule has 1 unspecified atom stereocenters. The van der Waals surface area contributed by atoms with E-state index in [1.54, 1.807) is 12.1 Å². The molecule has 0 aliphatic carbocycles. The van der Waals surface area contributed by atoms with E-state index in [4.69, 9.17) is 0 Å². The fourth-order valence-electron chi connectivity index (χ4n) is 3.91. The third kappa shape index (κ3) is 3.08. The Balaban J connectivity index is 1.83. The molecule has 0 spiro atoms. The van der Waals surface area contributed by atoms with Crippen LogP contribution in [-0.2, 0) is 6.42 Å². The Morgan fingerprint density at radius 3 is 2.35 bits per heavy atom. The summed E-state index contributed by atoms with van der Waals surface area (Å²) in [6, 6.07) is 25.5. The second kappa shape index (κ2) is 6.87. The van der Waals surface area contributed by atoms with Crippen LogP contribution >= 0.6 is 0 Å². The fraction of sp³-hybridized carbons (Fsp3) is 0.250. The van der Waals surface area contributed by atoms with Gasteiger partial charge >= 0.3 is 0 Å². The van der Waals surface area contributed by atoms with E-state index in [1.165, 1.54) is 22.4 Å². The van der Waals surface area contributed by atoms with Gasteiger partial charge in [0.1, 0.15) is 5.75 Å². The van der Waals surface area contributed by atoms with Gasteiger partial charge in [0, 0.05) is 11.4 Å². The van der Waals surface area contributed by atoms with Crippen LogP contribution in [0.15, 0.2) is 72.8 Å². The zero-order chi connectivity index (χ0) is 18.1. The molecule has 0 saturated carbocycles. The van der Waals surface area contributed by atoms with Crippen LogP contribution in [0.5, 0.6) is 5.75 Å². The normalized spacial score (nSPS) is 16.6. The number of rotatable bonds is 3. The zero-order valence-corrected chi connectivity index (χ0v) is 15.4. The molecule has 1 aliphatic heterocycles. The number of phenolic OH excluding ortho intramolecular Hbond substituents is 1. The molecule has 1 atom stereocenters. The number of aromatic hydroxyl groups is 1. The van der Waals surface area contributed by atoms with Crippen molar-refractivity contribution in [3.8, 4) is 5.75 Å². The molecule has 0 saturated heterocycles. The first-order chi connectivity index (χ1) is 12.6. The predicted molar refractivity (Wildman–Crippen MR) is 108 cm³/mol. The number of hydrogen-bond acceptors (Lipinski definition) is 2. The summed E-state index contributed by atoms with van der Waals surface area (Å²) in [6.07, 6.45) is 2.17. The highest BCUT2D eigenvalue weighted by Gasteiger charge is 2.29. The van der Waals surface area contributed by atoms with Gasteiger partial charge in [-0.3, -0.25) is 0 Å². The van der Waals surface area contributed by atoms with Crippen LogP contribution in [0.1, 0.15) is 48.9 Å². The number of nitrogens with zero attached hydrogens (tertiary/aromatic N) is 1. The van der Waals surface area contributed by atoms with E-state index in [-0.39, 0.29) is 0 Å². The standard InChI is InChI=1S/C24H25NO/c1-17(2)19-8-14-24-20(16-19)9-15-23(18-6-4-3-5-7-18)25(24)21-10-12-22(26)13-11-21/h3-8,10-14,16-17,23,26H,9,15H2,1-2H3. The minimum Gasteiger partial charge on any atom is -0.508 e. The van der Waals surface area contributed by atoms with Crippen molar-refractivity contribution < 1.29 is 5.11 Å². The maximum Gasteiger partial charge on any atom is 0.115 e. The smallest absolute Gasteiger partial charge is 0.115 e. The monoisotopic (exact) mass is 343 g/mol. The minimum absolute atomic E-state index is 0.303. The van der Waals surface area contributed by atoms with Crippen LogP contribution in [0.25, 0.3) is 0 Å². The van der Waals surface area contributed by atoms with Gasteiger partial charge in [-0.2, -0.15) is 0 Å². The Labute approximate surface area is 155 Å². The summed E-state index contributed by atoms with van der Waals surface area (Å²) < 4.78 is 0. The van der Waals surface area contributed by atoms with E-state index in [1.807, 2.05) is 12.1 Å². The predicted octanol–water partition coefficient (Wildman–Crippen LogP) is 6.34. The van der Waals surface area contributed by atoms with E-state index in [0.717, 1.165) is 18.5 Å². The number of benzene rings is 3. The zero-order valence-electron chi connectivity index (χ0n) is 15.4. The molecule has 1 aliphatic rings. The van der Waals surface area contributed by atoms with Gasteiger partial charge in [0.2, 0.25) is 0 Å². The molecule has 4 rings (SSSR count). The molecule has 3 aromatic carbocycles. The summed E-state index contributed by atoms with van der Waals surface area (Å²) in [6.45, 7) is 4.49. The summed E-state index contributed by atoms with van der Waals surface area (Å²) in [5, 5.41) is 9.71. The largest absolute Gasteiger partial charge is 0.508 e. The Bertz CT molecular complexity index is 884. The van der Waals surface area contributed by atoms with Crippen molar-refractivity contribution in [1.82, 2.24) is 0 Å². The molecule has 0 aromatic heterocycles. The van der Waals surface area contributed by atoms with Gasteiger partial charge in [-0.1, -0.05) is 56.3 Å². The molecular weight excluding hydrogens is 318 g/mol. The van der Waals surface area contributed by atoms with E-state index < -0.39 is 0 Å². The molecule has 26 heavy (non-hydrogen) atoms. The summed E-state index contributed by atoms with van der Waals surface area (Å²) >= 11 is 0. The average Bonchev–Trinajstić information content (AvgIpc) is 2.68. The molecular formula is C24H25NO. The molecule has 2 heteroatoms. The first kappa shape index (κ1) is 16.7. The minimum atomic E-state index is 0.303. The SMILES string of the molecule is CC(C)c1ccc2c(c1)CCC(c1ccccc1)N2c1ccc(O)cc1. The van der Waals surface area contributed by atoms with Crippen LogP contribution in [0, 0.1) is 0 Å². The first-order valence-corrected chi connectivity index (χ1v) is 9.39. The molecule has 2 nitrogen and oxygen atoms in total. The van der Waals surface area contributed by atoms with Crippen LogP contribution in [0.2, 0.25) is 0 Å². The Hall–Kier alpha value is -2.74. The van der Waals surface area contributed by atoms with Gasteiger partial charge in [-0.15, -0.1) is 0 Å². The van der Waals surface area contributed by atoms with Crippen molar-refractivity contribution in [1.29, 1.82) is 0 Å². The van der Waals surface area contributed by atoms with Crippen molar-refractivity contribution in [3.63, 3.8) is 0 Å². The second-order valence-corrected chi connectivity index (χ2v) is 7.39.